The number of nitrogens with zero attached hydrogens (tertiary/aromatic N) is 4. The maximum Gasteiger partial charge on any atom is 0.332 e. The monoisotopic (exact) mass is 552 g/mol. The summed E-state index contributed by atoms with van der Waals surface area (Å²) in [6, 6.07) is 13.1. The molecule has 0 spiro atoms. The molecule has 1 aliphatic rings. The van der Waals surface area contributed by atoms with Gasteiger partial charge in [-0.3, -0.25) is 13.9 Å². The van der Waals surface area contributed by atoms with E-state index in [2.05, 4.69) is 4.98 Å². The van der Waals surface area contributed by atoms with E-state index >= 15 is 0 Å². The van der Waals surface area contributed by atoms with Crippen LogP contribution in [0.15, 0.2) is 58.4 Å². The molecule has 0 N–H and O–H groups in total. The second kappa shape index (κ2) is 12.7. The molecule has 0 unspecified atom stereocenters. The van der Waals surface area contributed by atoms with Crippen LogP contribution in [0, 0.1) is 0 Å². The largest absolute Gasteiger partial charge is 0.487 e. The molecule has 1 aliphatic heterocycles. The van der Waals surface area contributed by atoms with E-state index in [-0.39, 0.29) is 0 Å². The lowest BCUT2D eigenvalue weighted by atomic mass is 10.2. The fourth-order valence-corrected chi connectivity index (χ4v) is 4.33. The molecule has 0 saturated carbocycles. The molecule has 3 heterocycles. The van der Waals surface area contributed by atoms with Crippen LogP contribution in [0.25, 0.3) is 11.2 Å². The smallest absolute Gasteiger partial charge is 0.332 e. The molecule has 212 valence electrons. The molecule has 0 bridgehead atoms. The van der Waals surface area contributed by atoms with Crippen LogP contribution in [0.3, 0.4) is 0 Å². The average Bonchev–Trinajstić information content (AvgIpc) is 3.38. The van der Waals surface area contributed by atoms with Crippen molar-refractivity contribution >= 4 is 11.2 Å². The molecule has 2 aromatic carbocycles. The zero-order chi connectivity index (χ0) is 27.9. The van der Waals surface area contributed by atoms with E-state index in [0.29, 0.717) is 93.6 Å². The van der Waals surface area contributed by atoms with Crippen molar-refractivity contribution in [3.05, 3.63) is 75.2 Å². The third kappa shape index (κ3) is 6.13. The molecule has 0 aliphatic carbocycles. The van der Waals surface area contributed by atoms with Gasteiger partial charge in [0.25, 0.3) is 5.56 Å². The van der Waals surface area contributed by atoms with Crippen LogP contribution in [-0.2, 0) is 30.1 Å². The minimum atomic E-state index is -0.424. The summed E-state index contributed by atoms with van der Waals surface area (Å²) in [5.41, 5.74) is 0.717. The summed E-state index contributed by atoms with van der Waals surface area (Å²) < 4.78 is 39.1. The second-order valence-electron chi connectivity index (χ2n) is 9.10. The van der Waals surface area contributed by atoms with Gasteiger partial charge in [-0.05, 0) is 29.8 Å². The van der Waals surface area contributed by atoms with E-state index in [1.807, 2.05) is 42.5 Å². The number of aromatic nitrogens is 4. The lowest BCUT2D eigenvalue weighted by Crippen LogP contribution is -2.37. The fourth-order valence-electron chi connectivity index (χ4n) is 4.33. The van der Waals surface area contributed by atoms with Crippen molar-refractivity contribution in [1.82, 2.24) is 18.7 Å². The summed E-state index contributed by atoms with van der Waals surface area (Å²) in [7, 11) is 3.05. The summed E-state index contributed by atoms with van der Waals surface area (Å²) in [6.45, 7) is 3.21. The quantitative estimate of drug-likeness (QED) is 0.367. The first-order chi connectivity index (χ1) is 19.5. The first kappa shape index (κ1) is 27.3. The predicted molar refractivity (Wildman–Crippen MR) is 146 cm³/mol. The summed E-state index contributed by atoms with van der Waals surface area (Å²) in [5.74, 6) is 2.42. The van der Waals surface area contributed by atoms with E-state index in [1.54, 1.807) is 17.9 Å². The van der Waals surface area contributed by atoms with Crippen LogP contribution in [0.1, 0.15) is 5.56 Å². The minimum Gasteiger partial charge on any atom is -0.487 e. The standard InChI is InChI=1S/C28H32N4O8/c1-30-26-25(27(33)31(2)28(30)34)32(19-29-26)18-20-7-8-23-24(17-20)40-16-12-36-10-14-38-22-6-4-3-5-21(22)37-13-9-35-11-15-39-23/h3-8,17,19H,9-16,18H2,1-2H3. The van der Waals surface area contributed by atoms with Crippen molar-refractivity contribution in [2.75, 3.05) is 52.9 Å². The number of hydrogen-bond acceptors (Lipinski definition) is 9. The van der Waals surface area contributed by atoms with Gasteiger partial charge < -0.3 is 33.0 Å². The van der Waals surface area contributed by atoms with Gasteiger partial charge in [-0.1, -0.05) is 18.2 Å². The number of hydrogen-bond donors (Lipinski definition) is 0. The van der Waals surface area contributed by atoms with E-state index in [0.717, 1.165) is 10.1 Å². The molecule has 40 heavy (non-hydrogen) atoms. The minimum absolute atomic E-state index is 0.298. The Morgan fingerprint density at radius 2 is 1.25 bits per heavy atom. The van der Waals surface area contributed by atoms with Gasteiger partial charge in [-0.15, -0.1) is 0 Å². The maximum absolute atomic E-state index is 12.8. The molecule has 0 amide bonds. The van der Waals surface area contributed by atoms with E-state index in [9.17, 15) is 9.59 Å². The normalized spacial score (nSPS) is 15.3. The van der Waals surface area contributed by atoms with Crippen LogP contribution in [0.5, 0.6) is 23.0 Å². The third-order valence-electron chi connectivity index (χ3n) is 6.37. The summed E-state index contributed by atoms with van der Waals surface area (Å²) >= 11 is 0. The number of aryl methyl sites for hydroxylation is 1. The highest BCUT2D eigenvalue weighted by Gasteiger charge is 2.16. The Kier molecular flexibility index (Phi) is 8.67. The summed E-state index contributed by atoms with van der Waals surface area (Å²) in [4.78, 5) is 29.4. The Bertz CT molecular complexity index is 1580. The predicted octanol–water partition coefficient (Wildman–Crippen LogP) is 1.74. The van der Waals surface area contributed by atoms with Crippen molar-refractivity contribution in [2.45, 2.75) is 6.54 Å². The molecular formula is C28H32N4O8. The molecule has 4 aromatic rings. The van der Waals surface area contributed by atoms with Gasteiger partial charge in [-0.2, -0.15) is 0 Å². The fraction of sp³-hybridized carbons (Fsp3) is 0.393. The highest BCUT2D eigenvalue weighted by Crippen LogP contribution is 2.29. The van der Waals surface area contributed by atoms with E-state index in [4.69, 9.17) is 28.4 Å². The van der Waals surface area contributed by atoms with Gasteiger partial charge >= 0.3 is 5.69 Å². The second-order valence-corrected chi connectivity index (χ2v) is 9.10. The Morgan fingerprint density at radius 1 is 0.700 bits per heavy atom. The molecular weight excluding hydrogens is 520 g/mol. The van der Waals surface area contributed by atoms with E-state index < -0.39 is 11.2 Å². The van der Waals surface area contributed by atoms with Crippen molar-refractivity contribution in [2.24, 2.45) is 14.1 Å². The van der Waals surface area contributed by atoms with Gasteiger partial charge in [0, 0.05) is 20.6 Å². The van der Waals surface area contributed by atoms with Crippen LogP contribution in [0.4, 0.5) is 0 Å². The summed E-state index contributed by atoms with van der Waals surface area (Å²) in [6.07, 6.45) is 1.56. The van der Waals surface area contributed by atoms with Crippen molar-refractivity contribution < 1.29 is 28.4 Å². The molecule has 0 atom stereocenters. The first-order valence-corrected chi connectivity index (χ1v) is 13.0. The Labute approximate surface area is 230 Å². The molecule has 12 heteroatoms. The molecule has 5 rings (SSSR count). The lowest BCUT2D eigenvalue weighted by molar-refractivity contribution is 0.0640. The third-order valence-corrected chi connectivity index (χ3v) is 6.37. The van der Waals surface area contributed by atoms with Crippen LogP contribution in [0.2, 0.25) is 0 Å². The summed E-state index contributed by atoms with van der Waals surface area (Å²) in [5, 5.41) is 0. The van der Waals surface area contributed by atoms with Gasteiger partial charge in [-0.25, -0.2) is 9.78 Å². The molecule has 12 nitrogen and oxygen atoms in total. The topological polar surface area (TPSA) is 117 Å². The molecule has 0 radical (unpaired) electrons. The number of ether oxygens (including phenoxy) is 6. The van der Waals surface area contributed by atoms with Crippen molar-refractivity contribution in [1.29, 1.82) is 0 Å². The Balaban J connectivity index is 1.30. The van der Waals surface area contributed by atoms with E-state index in [1.165, 1.54) is 11.6 Å². The van der Waals surface area contributed by atoms with Crippen LogP contribution in [-0.4, -0.2) is 71.5 Å². The van der Waals surface area contributed by atoms with Gasteiger partial charge in [0.05, 0.1) is 32.8 Å². The lowest BCUT2D eigenvalue weighted by Gasteiger charge is -2.16. The average molecular weight is 553 g/mol. The molecule has 2 aromatic heterocycles. The van der Waals surface area contributed by atoms with Crippen molar-refractivity contribution in [3.63, 3.8) is 0 Å². The van der Waals surface area contributed by atoms with Crippen LogP contribution < -0.4 is 30.2 Å². The number of para-hydroxylation sites is 2. The van der Waals surface area contributed by atoms with Crippen molar-refractivity contribution in [3.8, 4) is 23.0 Å². The SMILES string of the molecule is Cn1c(=O)c2c(ncn2Cc2ccc3c(c2)OCCOCCOc2ccccc2OCCOCCO3)n(C)c1=O. The Hall–Kier alpha value is -4.29. The zero-order valence-electron chi connectivity index (χ0n) is 22.5. The number of fused-ring (bicyclic) bond motifs is 3. The van der Waals surface area contributed by atoms with Gasteiger partial charge in [0.2, 0.25) is 0 Å². The maximum atomic E-state index is 12.8. The highest BCUT2D eigenvalue weighted by atomic mass is 16.6. The van der Waals surface area contributed by atoms with Crippen LogP contribution >= 0.6 is 0 Å². The van der Waals surface area contributed by atoms with Gasteiger partial charge in [0.1, 0.15) is 26.4 Å². The molecule has 0 saturated heterocycles. The number of rotatable bonds is 2. The first-order valence-electron chi connectivity index (χ1n) is 13.0. The molecule has 0 fully saturated rings. The zero-order valence-corrected chi connectivity index (χ0v) is 22.5. The highest BCUT2D eigenvalue weighted by molar-refractivity contribution is 5.70. The number of imidazole rings is 1. The Morgan fingerprint density at radius 3 is 1.85 bits per heavy atom. The number of benzene rings is 2. The van der Waals surface area contributed by atoms with Gasteiger partial charge in [0.15, 0.2) is 34.2 Å².